The second kappa shape index (κ2) is 12.9. The lowest BCUT2D eigenvalue weighted by molar-refractivity contribution is -0.123. The first-order chi connectivity index (χ1) is 20.4. The summed E-state index contributed by atoms with van der Waals surface area (Å²) in [5.74, 6) is 0.515. The van der Waals surface area contributed by atoms with Crippen LogP contribution in [-0.4, -0.2) is 36.1 Å². The molecule has 9 nitrogen and oxygen atoms in total. The van der Waals surface area contributed by atoms with Crippen molar-refractivity contribution < 1.29 is 19.1 Å². The molecule has 0 unspecified atom stereocenters. The van der Waals surface area contributed by atoms with Gasteiger partial charge in [-0.1, -0.05) is 43.3 Å². The molecule has 0 radical (unpaired) electrons. The van der Waals surface area contributed by atoms with Crippen LogP contribution in [0.1, 0.15) is 53.4 Å². The molecule has 218 valence electrons. The average molecular weight is 568 g/mol. The first-order valence-electron chi connectivity index (χ1n) is 14.4. The van der Waals surface area contributed by atoms with Crippen LogP contribution in [0.5, 0.6) is 11.5 Å². The van der Waals surface area contributed by atoms with Gasteiger partial charge in [-0.15, -0.1) is 0 Å². The third-order valence-electron chi connectivity index (χ3n) is 7.54. The van der Waals surface area contributed by atoms with Gasteiger partial charge in [0.2, 0.25) is 5.91 Å². The van der Waals surface area contributed by atoms with Crippen molar-refractivity contribution in [3.05, 3.63) is 88.6 Å². The molecule has 42 heavy (non-hydrogen) atoms. The number of rotatable bonds is 11. The first kappa shape index (κ1) is 28.9. The number of primary amides is 1. The SMILES string of the molecule is CCOc1cc2ncc(C(N)=O)c(Nc3cccc(CNC(=O)[C@@H]4Cc5ccccc5CN4)c3CC)c2cc1OCC. The molecule has 4 aromatic rings. The highest BCUT2D eigenvalue weighted by molar-refractivity contribution is 6.08. The second-order valence-corrected chi connectivity index (χ2v) is 10.1. The molecule has 1 aliphatic rings. The molecule has 0 fully saturated rings. The number of ether oxygens (including phenoxy) is 2. The van der Waals surface area contributed by atoms with E-state index in [2.05, 4.69) is 40.0 Å². The van der Waals surface area contributed by atoms with Gasteiger partial charge in [0.05, 0.1) is 36.0 Å². The number of pyridine rings is 1. The quantitative estimate of drug-likeness (QED) is 0.206. The van der Waals surface area contributed by atoms with Crippen molar-refractivity contribution in [3.8, 4) is 11.5 Å². The predicted molar refractivity (Wildman–Crippen MR) is 164 cm³/mol. The standard InChI is InChI=1S/C33H37N5O4/c1-4-23-22(18-37-33(40)28-14-20-10-7-8-11-21(20)17-35-28)12-9-13-26(23)38-31-24-15-29(41-5-2)30(42-6-3)16-27(24)36-19-25(31)32(34)39/h7-13,15-16,19,28,35H,4-6,14,17-18H2,1-3H3,(H2,34,39)(H,36,38)(H,37,40)/t28-/m0/s1. The van der Waals surface area contributed by atoms with Gasteiger partial charge >= 0.3 is 0 Å². The van der Waals surface area contributed by atoms with E-state index in [0.29, 0.717) is 67.2 Å². The summed E-state index contributed by atoms with van der Waals surface area (Å²) < 4.78 is 11.6. The van der Waals surface area contributed by atoms with Gasteiger partial charge in [-0.05, 0) is 61.1 Å². The Morgan fingerprint density at radius 3 is 2.45 bits per heavy atom. The number of carbonyl (C=O) groups is 2. The zero-order chi connectivity index (χ0) is 29.6. The number of hydrogen-bond donors (Lipinski definition) is 4. The zero-order valence-electron chi connectivity index (χ0n) is 24.3. The third kappa shape index (κ3) is 6.01. The van der Waals surface area contributed by atoms with Crippen LogP contribution in [0.15, 0.2) is 60.8 Å². The number of anilines is 2. The molecule has 9 heteroatoms. The number of carbonyl (C=O) groups excluding carboxylic acids is 2. The summed E-state index contributed by atoms with van der Waals surface area (Å²) in [6.07, 6.45) is 2.84. The van der Waals surface area contributed by atoms with Gasteiger partial charge in [0.15, 0.2) is 11.5 Å². The fourth-order valence-electron chi connectivity index (χ4n) is 5.47. The van der Waals surface area contributed by atoms with E-state index < -0.39 is 5.91 Å². The summed E-state index contributed by atoms with van der Waals surface area (Å²) in [6.45, 7) is 7.85. The summed E-state index contributed by atoms with van der Waals surface area (Å²) in [6, 6.07) is 17.5. The Balaban J connectivity index is 1.43. The molecule has 5 N–H and O–H groups in total. The molecule has 2 amide bonds. The first-order valence-corrected chi connectivity index (χ1v) is 14.4. The molecule has 0 bridgehead atoms. The van der Waals surface area contributed by atoms with Crippen molar-refractivity contribution in [2.45, 2.75) is 52.7 Å². The van der Waals surface area contributed by atoms with Crippen LogP contribution in [0.25, 0.3) is 10.9 Å². The number of nitrogens with zero attached hydrogens (tertiary/aromatic N) is 1. The lowest BCUT2D eigenvalue weighted by Crippen LogP contribution is -2.47. The molecule has 2 heterocycles. The lowest BCUT2D eigenvalue weighted by Gasteiger charge is -2.25. The minimum Gasteiger partial charge on any atom is -0.490 e. The Labute approximate surface area is 245 Å². The number of fused-ring (bicyclic) bond motifs is 2. The predicted octanol–water partition coefficient (Wildman–Crippen LogP) is 4.77. The monoisotopic (exact) mass is 567 g/mol. The zero-order valence-corrected chi connectivity index (χ0v) is 24.3. The molecule has 0 saturated carbocycles. The van der Waals surface area contributed by atoms with Crippen LogP contribution in [-0.2, 0) is 30.7 Å². The van der Waals surface area contributed by atoms with Crippen LogP contribution in [0, 0.1) is 0 Å². The maximum Gasteiger partial charge on any atom is 0.252 e. The largest absolute Gasteiger partial charge is 0.490 e. The van der Waals surface area contributed by atoms with Crippen molar-refractivity contribution in [3.63, 3.8) is 0 Å². The molecule has 0 spiro atoms. The van der Waals surface area contributed by atoms with Gasteiger partial charge in [0, 0.05) is 36.4 Å². The van der Waals surface area contributed by atoms with E-state index in [0.717, 1.165) is 16.8 Å². The summed E-state index contributed by atoms with van der Waals surface area (Å²) in [5.41, 5.74) is 12.5. The minimum atomic E-state index is -0.596. The Bertz CT molecular complexity index is 1620. The van der Waals surface area contributed by atoms with Crippen LogP contribution in [0.3, 0.4) is 0 Å². The summed E-state index contributed by atoms with van der Waals surface area (Å²) in [7, 11) is 0. The van der Waals surface area contributed by atoms with E-state index in [1.54, 1.807) is 0 Å². The maximum absolute atomic E-state index is 13.1. The maximum atomic E-state index is 13.1. The average Bonchev–Trinajstić information content (AvgIpc) is 3.00. The van der Waals surface area contributed by atoms with Crippen molar-refractivity contribution >= 4 is 34.1 Å². The van der Waals surface area contributed by atoms with E-state index in [4.69, 9.17) is 15.2 Å². The van der Waals surface area contributed by atoms with E-state index in [-0.39, 0.29) is 17.5 Å². The fraction of sp³-hybridized carbons (Fsp3) is 0.303. The van der Waals surface area contributed by atoms with Crippen LogP contribution in [0.2, 0.25) is 0 Å². The highest BCUT2D eigenvalue weighted by Crippen LogP contribution is 2.38. The van der Waals surface area contributed by atoms with Gasteiger partial charge < -0.3 is 31.2 Å². The number of amides is 2. The summed E-state index contributed by atoms with van der Waals surface area (Å²) in [4.78, 5) is 30.1. The van der Waals surface area contributed by atoms with Crippen LogP contribution >= 0.6 is 0 Å². The summed E-state index contributed by atoms with van der Waals surface area (Å²) in [5, 5.41) is 10.6. The van der Waals surface area contributed by atoms with Gasteiger partial charge in [0.1, 0.15) is 0 Å². The number of benzene rings is 3. The Kier molecular flexibility index (Phi) is 8.88. The molecule has 1 atom stereocenters. The topological polar surface area (TPSA) is 128 Å². The molecule has 0 saturated heterocycles. The van der Waals surface area contributed by atoms with E-state index >= 15 is 0 Å². The molecular formula is C33H37N5O4. The highest BCUT2D eigenvalue weighted by atomic mass is 16.5. The third-order valence-corrected chi connectivity index (χ3v) is 7.54. The van der Waals surface area contributed by atoms with Crippen molar-refractivity contribution in [1.29, 1.82) is 0 Å². The van der Waals surface area contributed by atoms with Crippen LogP contribution < -0.4 is 31.2 Å². The minimum absolute atomic E-state index is 0.0328. The normalized spacial score (nSPS) is 14.2. The Hall–Kier alpha value is -4.63. The van der Waals surface area contributed by atoms with Gasteiger partial charge in [0.25, 0.3) is 5.91 Å². The second-order valence-electron chi connectivity index (χ2n) is 10.1. The number of nitrogens with one attached hydrogen (secondary N) is 3. The van der Waals surface area contributed by atoms with Crippen molar-refractivity contribution in [2.75, 3.05) is 18.5 Å². The Morgan fingerprint density at radius 1 is 1.00 bits per heavy atom. The molecule has 1 aromatic heterocycles. The Morgan fingerprint density at radius 2 is 1.74 bits per heavy atom. The van der Waals surface area contributed by atoms with Crippen LogP contribution in [0.4, 0.5) is 11.4 Å². The number of hydrogen-bond acceptors (Lipinski definition) is 7. The fourth-order valence-corrected chi connectivity index (χ4v) is 5.47. The molecule has 0 aliphatic carbocycles. The summed E-state index contributed by atoms with van der Waals surface area (Å²) >= 11 is 0. The van der Waals surface area contributed by atoms with Gasteiger partial charge in [-0.3, -0.25) is 14.6 Å². The van der Waals surface area contributed by atoms with E-state index in [1.807, 2.05) is 56.3 Å². The molecule has 1 aliphatic heterocycles. The highest BCUT2D eigenvalue weighted by Gasteiger charge is 2.24. The smallest absolute Gasteiger partial charge is 0.252 e. The van der Waals surface area contributed by atoms with Gasteiger partial charge in [-0.2, -0.15) is 0 Å². The lowest BCUT2D eigenvalue weighted by atomic mass is 9.95. The van der Waals surface area contributed by atoms with E-state index in [1.165, 1.54) is 17.3 Å². The van der Waals surface area contributed by atoms with E-state index in [9.17, 15) is 9.59 Å². The van der Waals surface area contributed by atoms with Crippen molar-refractivity contribution in [1.82, 2.24) is 15.6 Å². The number of nitrogens with two attached hydrogens (primary N) is 1. The molecule has 3 aromatic carbocycles. The van der Waals surface area contributed by atoms with Crippen molar-refractivity contribution in [2.24, 2.45) is 5.73 Å². The molecule has 5 rings (SSSR count). The number of aromatic nitrogens is 1. The van der Waals surface area contributed by atoms with Gasteiger partial charge in [-0.25, -0.2) is 0 Å². The molecular weight excluding hydrogens is 530 g/mol.